The van der Waals surface area contributed by atoms with E-state index in [1.54, 1.807) is 19.1 Å². The van der Waals surface area contributed by atoms with Gasteiger partial charge in [-0.15, -0.1) is 0 Å². The Kier molecular flexibility index (Phi) is 5.54. The van der Waals surface area contributed by atoms with Gasteiger partial charge in [-0.05, 0) is 75.2 Å². The van der Waals surface area contributed by atoms with Crippen molar-refractivity contribution in [3.05, 3.63) is 58.7 Å². The van der Waals surface area contributed by atoms with Crippen molar-refractivity contribution in [2.24, 2.45) is 0 Å². The summed E-state index contributed by atoms with van der Waals surface area (Å²) >= 11 is 0. The van der Waals surface area contributed by atoms with Gasteiger partial charge >= 0.3 is 6.18 Å². The van der Waals surface area contributed by atoms with E-state index in [1.165, 1.54) is 12.1 Å². The third kappa shape index (κ3) is 3.33. The van der Waals surface area contributed by atoms with Crippen LogP contribution < -0.4 is 9.47 Å². The zero-order chi connectivity index (χ0) is 27.0. The number of hydrogen-bond donors (Lipinski definition) is 1. The van der Waals surface area contributed by atoms with Crippen LogP contribution in [0.3, 0.4) is 0 Å². The maximum Gasteiger partial charge on any atom is 0.416 e. The highest BCUT2D eigenvalue weighted by atomic mass is 19.4. The van der Waals surface area contributed by atoms with Gasteiger partial charge in [0.05, 0.1) is 29.7 Å². The van der Waals surface area contributed by atoms with E-state index < -0.39 is 34.8 Å². The van der Waals surface area contributed by atoms with Crippen molar-refractivity contribution in [2.75, 3.05) is 27.7 Å². The van der Waals surface area contributed by atoms with Gasteiger partial charge in [-0.2, -0.15) is 13.2 Å². The summed E-state index contributed by atoms with van der Waals surface area (Å²) in [6.45, 7) is 0.793. The number of likely N-dealkylation sites (tertiary alicyclic amines) is 1. The van der Waals surface area contributed by atoms with Gasteiger partial charge < -0.3 is 24.4 Å². The largest absolute Gasteiger partial charge is 0.493 e. The summed E-state index contributed by atoms with van der Waals surface area (Å²) in [6, 6.07) is 7.97. The normalized spacial score (nSPS) is 31.0. The Labute approximate surface area is 219 Å². The minimum absolute atomic E-state index is 0.0596. The van der Waals surface area contributed by atoms with E-state index in [9.17, 15) is 23.1 Å². The number of piperidine rings is 1. The minimum Gasteiger partial charge on any atom is -0.493 e. The van der Waals surface area contributed by atoms with Crippen molar-refractivity contribution in [1.82, 2.24) is 9.80 Å². The first-order valence-electron chi connectivity index (χ1n) is 12.8. The molecule has 2 heterocycles. The molecular formula is C29H29F3N2O4. The second-order valence-corrected chi connectivity index (χ2v) is 10.9. The fraction of sp³-hybridized carbons (Fsp3) is 0.483. The molecule has 6 nitrogen and oxygen atoms in total. The van der Waals surface area contributed by atoms with E-state index in [0.717, 1.165) is 36.2 Å². The smallest absolute Gasteiger partial charge is 0.416 e. The van der Waals surface area contributed by atoms with E-state index in [2.05, 4.69) is 22.8 Å². The van der Waals surface area contributed by atoms with Crippen LogP contribution in [0.25, 0.3) is 0 Å². The molecule has 2 bridgehead atoms. The van der Waals surface area contributed by atoms with Crippen molar-refractivity contribution < 1.29 is 32.5 Å². The Hall–Kier alpha value is -3.22. The molecule has 2 fully saturated rings. The molecule has 2 aliphatic heterocycles. The molecule has 0 aromatic heterocycles. The second kappa shape index (κ2) is 8.39. The zero-order valence-corrected chi connectivity index (χ0v) is 21.4. The molecule has 5 atom stereocenters. The minimum atomic E-state index is -4.43. The first-order chi connectivity index (χ1) is 18.0. The Morgan fingerprint density at radius 2 is 1.95 bits per heavy atom. The van der Waals surface area contributed by atoms with Gasteiger partial charge in [-0.3, -0.25) is 4.79 Å². The number of amides is 1. The number of rotatable bonds is 2. The standard InChI is InChI=1S/C29H29F3N2O4/c1-33-15-14-27-24-18-7-10-21(37-3)25(24)38-26(27)20(12-13-28(27,36)22(33)16-18)34(2)23(35)11-6-17-4-8-19(9-5-17)29(30,31)32/h4-5,7-10,20,22,26,36H,12-16H2,1-3H3/t20-,22+,26-,27-,28+/m0/s1. The number of alkyl halides is 3. The van der Waals surface area contributed by atoms with Crippen LogP contribution in [0.1, 0.15) is 41.5 Å². The third-order valence-corrected chi connectivity index (χ3v) is 9.25. The lowest BCUT2D eigenvalue weighted by Crippen LogP contribution is -2.77. The summed E-state index contributed by atoms with van der Waals surface area (Å²) in [5, 5.41) is 12.3. The maximum absolute atomic E-state index is 13.2. The molecule has 1 N–H and O–H groups in total. The topological polar surface area (TPSA) is 62.2 Å². The lowest BCUT2D eigenvalue weighted by Gasteiger charge is -2.64. The van der Waals surface area contributed by atoms with Gasteiger partial charge in [-0.1, -0.05) is 12.0 Å². The van der Waals surface area contributed by atoms with Crippen LogP contribution in [0.5, 0.6) is 11.5 Å². The van der Waals surface area contributed by atoms with Gasteiger partial charge in [0.2, 0.25) is 0 Å². The van der Waals surface area contributed by atoms with Gasteiger partial charge in [0.15, 0.2) is 11.5 Å². The number of methoxy groups -OCH3 is 1. The average molecular weight is 527 g/mol. The Balaban J connectivity index is 1.34. The maximum atomic E-state index is 13.2. The number of carbonyl (C=O) groups is 1. The van der Waals surface area contributed by atoms with Gasteiger partial charge in [0.25, 0.3) is 5.91 Å². The molecule has 1 spiro atoms. The zero-order valence-electron chi connectivity index (χ0n) is 21.4. The van der Waals surface area contributed by atoms with Crippen molar-refractivity contribution >= 4 is 5.91 Å². The number of nitrogens with zero attached hydrogens (tertiary/aromatic N) is 2. The van der Waals surface area contributed by atoms with Crippen LogP contribution in [0, 0.1) is 11.8 Å². The predicted molar refractivity (Wildman–Crippen MR) is 133 cm³/mol. The Morgan fingerprint density at radius 1 is 1.21 bits per heavy atom. The molecule has 9 heteroatoms. The monoisotopic (exact) mass is 526 g/mol. The summed E-state index contributed by atoms with van der Waals surface area (Å²) in [5.41, 5.74) is 0.00997. The second-order valence-electron chi connectivity index (χ2n) is 10.9. The first-order valence-corrected chi connectivity index (χ1v) is 12.8. The van der Waals surface area contributed by atoms with E-state index in [1.807, 2.05) is 13.1 Å². The highest BCUT2D eigenvalue weighted by Crippen LogP contribution is 2.65. The van der Waals surface area contributed by atoms with Crippen LogP contribution in [0.2, 0.25) is 0 Å². The van der Waals surface area contributed by atoms with Crippen LogP contribution in [0.4, 0.5) is 13.2 Å². The molecule has 6 rings (SSSR count). The van der Waals surface area contributed by atoms with Crippen molar-refractivity contribution in [3.63, 3.8) is 0 Å². The molecule has 2 aliphatic carbocycles. The van der Waals surface area contributed by atoms with E-state index in [0.29, 0.717) is 36.3 Å². The molecule has 200 valence electrons. The number of ether oxygens (including phenoxy) is 2. The molecule has 0 unspecified atom stereocenters. The molecule has 0 radical (unpaired) electrons. The van der Waals surface area contributed by atoms with Crippen molar-refractivity contribution in [2.45, 2.75) is 61.1 Å². The number of hydrogen-bond acceptors (Lipinski definition) is 5. The molecule has 1 saturated carbocycles. The Bertz CT molecular complexity index is 1360. The lowest BCUT2D eigenvalue weighted by molar-refractivity contribution is -0.195. The van der Waals surface area contributed by atoms with Gasteiger partial charge in [-0.25, -0.2) is 0 Å². The lowest BCUT2D eigenvalue weighted by atomic mass is 9.48. The van der Waals surface area contributed by atoms with Crippen LogP contribution in [-0.2, 0) is 22.8 Å². The Morgan fingerprint density at radius 3 is 2.63 bits per heavy atom. The number of aliphatic hydroxyl groups is 1. The fourth-order valence-electron chi connectivity index (χ4n) is 7.38. The SMILES string of the molecule is COc1ccc2c3c1O[C@H]1[C@@H](N(C)C(=O)C#Cc4ccc(C(F)(F)F)cc4)CC[C@@]4(O)[C@@H](C2)N(C)CC[C@]314. The summed E-state index contributed by atoms with van der Waals surface area (Å²) in [6.07, 6.45) is -2.48. The van der Waals surface area contributed by atoms with Crippen molar-refractivity contribution in [3.8, 4) is 23.3 Å². The highest BCUT2D eigenvalue weighted by molar-refractivity contribution is 5.94. The van der Waals surface area contributed by atoms with E-state index in [4.69, 9.17) is 9.47 Å². The van der Waals surface area contributed by atoms with Crippen molar-refractivity contribution in [1.29, 1.82) is 0 Å². The van der Waals surface area contributed by atoms with Gasteiger partial charge in [0, 0.05) is 30.1 Å². The summed E-state index contributed by atoms with van der Waals surface area (Å²) < 4.78 is 50.8. The number of likely N-dealkylation sites (N-methyl/N-ethyl adjacent to an activating group) is 2. The van der Waals surface area contributed by atoms with Crippen LogP contribution in [0.15, 0.2) is 36.4 Å². The summed E-state index contributed by atoms with van der Waals surface area (Å²) in [7, 11) is 5.32. The molecule has 2 aromatic carbocycles. The highest BCUT2D eigenvalue weighted by Gasteiger charge is 2.73. The first kappa shape index (κ1) is 25.1. The molecule has 38 heavy (non-hydrogen) atoms. The number of halogens is 3. The predicted octanol–water partition coefficient (Wildman–Crippen LogP) is 3.38. The molecule has 1 saturated heterocycles. The summed E-state index contributed by atoms with van der Waals surface area (Å²) in [4.78, 5) is 17.0. The van der Waals surface area contributed by atoms with Crippen LogP contribution in [-0.4, -0.2) is 72.4 Å². The van der Waals surface area contributed by atoms with Gasteiger partial charge in [0.1, 0.15) is 6.10 Å². The molecular weight excluding hydrogens is 497 g/mol. The van der Waals surface area contributed by atoms with Crippen LogP contribution >= 0.6 is 0 Å². The number of carbonyl (C=O) groups excluding carboxylic acids is 1. The average Bonchev–Trinajstić information content (AvgIpc) is 3.24. The fourth-order valence-corrected chi connectivity index (χ4v) is 7.38. The summed E-state index contributed by atoms with van der Waals surface area (Å²) in [5.74, 6) is 6.10. The van der Waals surface area contributed by atoms with E-state index in [-0.39, 0.29) is 12.1 Å². The number of benzene rings is 2. The molecule has 2 aromatic rings. The molecule has 1 amide bonds. The quantitative estimate of drug-likeness (QED) is 0.609. The van der Waals surface area contributed by atoms with E-state index >= 15 is 0 Å². The third-order valence-electron chi connectivity index (χ3n) is 9.25. The molecule has 4 aliphatic rings.